The monoisotopic (exact) mass is 350 g/mol. The highest BCUT2D eigenvalue weighted by molar-refractivity contribution is 5.85. The molecule has 3 aromatic rings. The number of H-pyrrole nitrogens is 1. The van der Waals surface area contributed by atoms with E-state index in [1.54, 1.807) is 24.7 Å². The Morgan fingerprint density at radius 3 is 2.67 bits per heavy atom. The van der Waals surface area contributed by atoms with Gasteiger partial charge in [0.05, 0.1) is 30.8 Å². The van der Waals surface area contributed by atoms with Gasteiger partial charge in [0.2, 0.25) is 0 Å². The molecule has 0 radical (unpaired) electrons. The molecule has 1 N–H and O–H groups in total. The fourth-order valence-corrected chi connectivity index (χ4v) is 1.97. The van der Waals surface area contributed by atoms with Gasteiger partial charge in [0.25, 0.3) is 5.56 Å². The lowest BCUT2D eigenvalue weighted by molar-refractivity contribution is -0.0150. The number of aromatic amines is 1. The summed E-state index contributed by atoms with van der Waals surface area (Å²) >= 11 is 0. The third-order valence-electron chi connectivity index (χ3n) is 3.13. The molecule has 9 heteroatoms. The Kier molecular flexibility index (Phi) is 5.20. The summed E-state index contributed by atoms with van der Waals surface area (Å²) in [6.45, 7) is 6.47. The molecule has 0 spiro atoms. The molecule has 0 saturated carbocycles. The predicted molar refractivity (Wildman–Crippen MR) is 90.9 cm³/mol. The lowest BCUT2D eigenvalue weighted by Gasteiger charge is -2.19. The number of halogens is 1. The van der Waals surface area contributed by atoms with Crippen LogP contribution in [0, 0.1) is 0 Å². The minimum absolute atomic E-state index is 0. The molecule has 0 atom stereocenters. The summed E-state index contributed by atoms with van der Waals surface area (Å²) in [5.74, 6) is 0.501. The number of ether oxygens (including phenoxy) is 1. The summed E-state index contributed by atoms with van der Waals surface area (Å²) in [6, 6.07) is 3.65. The fraction of sp³-hybridized carbons (Fsp3) is 0.333. The second-order valence-corrected chi connectivity index (χ2v) is 6.07. The molecule has 0 aliphatic carbocycles. The van der Waals surface area contributed by atoms with Gasteiger partial charge in [-0.1, -0.05) is 11.3 Å². The van der Waals surface area contributed by atoms with E-state index < -0.39 is 0 Å². The normalized spacial score (nSPS) is 11.3. The molecule has 128 valence electrons. The van der Waals surface area contributed by atoms with Crippen LogP contribution in [0.1, 0.15) is 26.3 Å². The summed E-state index contributed by atoms with van der Waals surface area (Å²) in [7, 11) is 0. The minimum Gasteiger partial charge on any atom is -0.371 e. The number of aromatic nitrogens is 6. The fourth-order valence-electron chi connectivity index (χ4n) is 1.97. The van der Waals surface area contributed by atoms with Gasteiger partial charge in [0.15, 0.2) is 11.5 Å². The quantitative estimate of drug-likeness (QED) is 0.775. The molecule has 0 unspecified atom stereocenters. The van der Waals surface area contributed by atoms with Crippen molar-refractivity contribution in [1.29, 1.82) is 0 Å². The Balaban J connectivity index is 0.00000208. The molecule has 3 rings (SSSR count). The van der Waals surface area contributed by atoms with E-state index in [2.05, 4.69) is 20.4 Å². The molecule has 0 aliphatic heterocycles. The molecular formula is C15H19ClN6O2. The summed E-state index contributed by atoms with van der Waals surface area (Å²) < 4.78 is 8.46. The van der Waals surface area contributed by atoms with Crippen LogP contribution in [0.3, 0.4) is 0 Å². The van der Waals surface area contributed by atoms with Crippen LogP contribution in [0.25, 0.3) is 11.5 Å². The van der Waals surface area contributed by atoms with Crippen molar-refractivity contribution < 1.29 is 4.74 Å². The molecule has 3 heterocycles. The van der Waals surface area contributed by atoms with Crippen molar-refractivity contribution in [3.05, 3.63) is 52.8 Å². The summed E-state index contributed by atoms with van der Waals surface area (Å²) in [5.41, 5.74) is 0.868. The minimum atomic E-state index is -0.248. The SMILES string of the molecule is CC(C)(C)OCc1ccc(-n2[nH]cc(-n3ccnn3)c2=O)nc1.Cl. The molecule has 0 aromatic carbocycles. The van der Waals surface area contributed by atoms with Gasteiger partial charge < -0.3 is 4.74 Å². The van der Waals surface area contributed by atoms with Gasteiger partial charge in [-0.15, -0.1) is 17.5 Å². The van der Waals surface area contributed by atoms with Crippen molar-refractivity contribution in [3.8, 4) is 11.5 Å². The van der Waals surface area contributed by atoms with E-state index in [9.17, 15) is 4.79 Å². The van der Waals surface area contributed by atoms with Crippen molar-refractivity contribution >= 4 is 12.4 Å². The predicted octanol–water partition coefficient (Wildman–Crippen LogP) is 1.88. The maximum Gasteiger partial charge on any atom is 0.298 e. The van der Waals surface area contributed by atoms with Crippen molar-refractivity contribution in [2.45, 2.75) is 33.0 Å². The first-order valence-corrected chi connectivity index (χ1v) is 7.20. The Labute approximate surface area is 144 Å². The van der Waals surface area contributed by atoms with Crippen LogP contribution < -0.4 is 5.56 Å². The highest BCUT2D eigenvalue weighted by Gasteiger charge is 2.12. The van der Waals surface area contributed by atoms with Crippen LogP contribution in [-0.4, -0.2) is 35.4 Å². The Hall–Kier alpha value is -2.45. The van der Waals surface area contributed by atoms with Gasteiger partial charge in [-0.05, 0) is 32.4 Å². The highest BCUT2D eigenvalue weighted by Crippen LogP contribution is 2.12. The molecular weight excluding hydrogens is 332 g/mol. The van der Waals surface area contributed by atoms with Crippen molar-refractivity contribution in [2.24, 2.45) is 0 Å². The van der Waals surface area contributed by atoms with E-state index in [0.29, 0.717) is 18.1 Å². The average molecular weight is 351 g/mol. The zero-order chi connectivity index (χ0) is 16.4. The maximum absolute atomic E-state index is 12.4. The third-order valence-corrected chi connectivity index (χ3v) is 3.13. The molecule has 0 bridgehead atoms. The number of hydrogen-bond acceptors (Lipinski definition) is 5. The topological polar surface area (TPSA) is 90.6 Å². The maximum atomic E-state index is 12.4. The molecule has 24 heavy (non-hydrogen) atoms. The molecule has 3 aromatic heterocycles. The van der Waals surface area contributed by atoms with E-state index in [4.69, 9.17) is 4.74 Å². The van der Waals surface area contributed by atoms with E-state index in [-0.39, 0.29) is 23.6 Å². The van der Waals surface area contributed by atoms with Gasteiger partial charge in [-0.25, -0.2) is 9.67 Å². The van der Waals surface area contributed by atoms with Crippen LogP contribution in [0.5, 0.6) is 0 Å². The standard InChI is InChI=1S/C15H18N6O2.ClH/c1-15(2,3)23-10-11-4-5-13(16-8-11)21-14(22)12(9-18-21)20-7-6-17-19-20;/h4-9,18H,10H2,1-3H3;1H. The third kappa shape index (κ3) is 3.90. The number of rotatable bonds is 4. The Morgan fingerprint density at radius 1 is 1.29 bits per heavy atom. The average Bonchev–Trinajstić information content (AvgIpc) is 3.14. The van der Waals surface area contributed by atoms with Crippen molar-refractivity contribution in [2.75, 3.05) is 0 Å². The lowest BCUT2D eigenvalue weighted by Crippen LogP contribution is -2.20. The molecule has 8 nitrogen and oxygen atoms in total. The lowest BCUT2D eigenvalue weighted by atomic mass is 10.2. The summed E-state index contributed by atoms with van der Waals surface area (Å²) in [5, 5.41) is 10.4. The van der Waals surface area contributed by atoms with E-state index in [0.717, 1.165) is 5.56 Å². The van der Waals surface area contributed by atoms with Crippen LogP contribution >= 0.6 is 12.4 Å². The second kappa shape index (κ2) is 6.98. The molecule has 0 fully saturated rings. The van der Waals surface area contributed by atoms with Gasteiger partial charge in [0.1, 0.15) is 0 Å². The van der Waals surface area contributed by atoms with E-state index >= 15 is 0 Å². The molecule has 0 saturated heterocycles. The Bertz CT molecular complexity index is 830. The van der Waals surface area contributed by atoms with Crippen LogP contribution in [0.15, 0.2) is 41.7 Å². The second-order valence-electron chi connectivity index (χ2n) is 6.07. The van der Waals surface area contributed by atoms with Gasteiger partial charge >= 0.3 is 0 Å². The van der Waals surface area contributed by atoms with Gasteiger partial charge in [0, 0.05) is 6.20 Å². The summed E-state index contributed by atoms with van der Waals surface area (Å²) in [6.07, 6.45) is 6.38. The van der Waals surface area contributed by atoms with E-state index in [1.165, 1.54) is 15.6 Å². The number of nitrogens with zero attached hydrogens (tertiary/aromatic N) is 5. The van der Waals surface area contributed by atoms with Crippen LogP contribution in [0.2, 0.25) is 0 Å². The Morgan fingerprint density at radius 2 is 2.08 bits per heavy atom. The number of nitrogens with one attached hydrogen (secondary N) is 1. The largest absolute Gasteiger partial charge is 0.371 e. The van der Waals surface area contributed by atoms with Gasteiger partial charge in [-0.2, -0.15) is 4.68 Å². The first-order chi connectivity index (χ1) is 10.9. The van der Waals surface area contributed by atoms with Crippen molar-refractivity contribution in [1.82, 2.24) is 29.8 Å². The molecule has 0 aliphatic rings. The van der Waals surface area contributed by atoms with Crippen molar-refractivity contribution in [3.63, 3.8) is 0 Å². The van der Waals surface area contributed by atoms with Crippen LogP contribution in [0.4, 0.5) is 0 Å². The van der Waals surface area contributed by atoms with E-state index in [1.807, 2.05) is 26.8 Å². The smallest absolute Gasteiger partial charge is 0.298 e. The number of pyridine rings is 1. The highest BCUT2D eigenvalue weighted by atomic mass is 35.5. The van der Waals surface area contributed by atoms with Crippen LogP contribution in [-0.2, 0) is 11.3 Å². The zero-order valence-corrected chi connectivity index (χ0v) is 14.4. The zero-order valence-electron chi connectivity index (χ0n) is 13.6. The molecule has 0 amide bonds. The van der Waals surface area contributed by atoms with Gasteiger partial charge in [-0.3, -0.25) is 9.89 Å². The first-order valence-electron chi connectivity index (χ1n) is 7.20. The number of hydrogen-bond donors (Lipinski definition) is 1. The first kappa shape index (κ1) is 17.9. The summed E-state index contributed by atoms with van der Waals surface area (Å²) in [4.78, 5) is 16.7.